The summed E-state index contributed by atoms with van der Waals surface area (Å²) >= 11 is 12.2. The van der Waals surface area contributed by atoms with Crippen molar-refractivity contribution in [3.05, 3.63) is 40.5 Å². The Hall–Kier alpha value is -1.52. The number of nitrogens with one attached hydrogen (secondary N) is 1. The quantitative estimate of drug-likeness (QED) is 0.757. The van der Waals surface area contributed by atoms with Gasteiger partial charge in [-0.05, 0) is 37.1 Å². The average Bonchev–Trinajstić information content (AvgIpc) is 2.51. The highest BCUT2D eigenvalue weighted by molar-refractivity contribution is 6.35. The molecule has 2 aromatic rings. The van der Waals surface area contributed by atoms with Gasteiger partial charge in [0, 0.05) is 24.3 Å². The summed E-state index contributed by atoms with van der Waals surface area (Å²) in [6.07, 6.45) is 3.86. The molecular formula is C16H20Cl2N4. The summed E-state index contributed by atoms with van der Waals surface area (Å²) in [4.78, 5) is 11.1. The third kappa shape index (κ3) is 4.49. The highest BCUT2D eigenvalue weighted by Crippen LogP contribution is 2.28. The maximum Gasteiger partial charge on any atom is 0.227 e. The van der Waals surface area contributed by atoms with E-state index in [0.717, 1.165) is 37.6 Å². The first kappa shape index (κ1) is 16.8. The van der Waals surface area contributed by atoms with Crippen molar-refractivity contribution in [2.45, 2.75) is 26.7 Å². The van der Waals surface area contributed by atoms with Crippen LogP contribution in [0.2, 0.25) is 10.0 Å². The van der Waals surface area contributed by atoms with Crippen LogP contribution in [-0.2, 0) is 0 Å². The lowest BCUT2D eigenvalue weighted by atomic mass is 10.3. The summed E-state index contributed by atoms with van der Waals surface area (Å²) in [5, 5.41) is 4.42. The van der Waals surface area contributed by atoms with E-state index in [-0.39, 0.29) is 0 Å². The molecule has 4 nitrogen and oxygen atoms in total. The fourth-order valence-corrected chi connectivity index (χ4v) is 2.49. The van der Waals surface area contributed by atoms with E-state index in [2.05, 4.69) is 34.0 Å². The summed E-state index contributed by atoms with van der Waals surface area (Å²) in [7, 11) is 0. The first-order valence-electron chi connectivity index (χ1n) is 7.44. The smallest absolute Gasteiger partial charge is 0.227 e. The van der Waals surface area contributed by atoms with E-state index in [9.17, 15) is 0 Å². The minimum atomic E-state index is 0.600. The molecule has 1 aromatic heterocycles. The van der Waals surface area contributed by atoms with Gasteiger partial charge in [0.25, 0.3) is 0 Å². The number of anilines is 3. The lowest BCUT2D eigenvalue weighted by Gasteiger charge is -2.21. The maximum atomic E-state index is 6.17. The van der Waals surface area contributed by atoms with E-state index in [0.29, 0.717) is 15.9 Å². The van der Waals surface area contributed by atoms with Crippen molar-refractivity contribution in [1.29, 1.82) is 0 Å². The predicted molar refractivity (Wildman–Crippen MR) is 94.6 cm³/mol. The molecule has 0 fully saturated rings. The van der Waals surface area contributed by atoms with Crippen molar-refractivity contribution in [2.24, 2.45) is 0 Å². The lowest BCUT2D eigenvalue weighted by molar-refractivity contribution is 0.722. The van der Waals surface area contributed by atoms with Crippen molar-refractivity contribution in [3.8, 4) is 0 Å². The monoisotopic (exact) mass is 338 g/mol. The van der Waals surface area contributed by atoms with Crippen LogP contribution < -0.4 is 10.2 Å². The van der Waals surface area contributed by atoms with Crippen LogP contribution in [0.25, 0.3) is 0 Å². The Kier molecular flexibility index (Phi) is 6.28. The molecule has 2 rings (SSSR count). The predicted octanol–water partition coefficient (Wildman–Crippen LogP) is 5.15. The number of benzene rings is 1. The number of hydrogen-bond donors (Lipinski definition) is 1. The molecule has 0 aliphatic rings. The molecule has 0 unspecified atom stereocenters. The second-order valence-corrected chi connectivity index (χ2v) is 5.82. The van der Waals surface area contributed by atoms with E-state index in [4.69, 9.17) is 23.2 Å². The van der Waals surface area contributed by atoms with Crippen molar-refractivity contribution in [2.75, 3.05) is 23.3 Å². The molecule has 0 amide bonds. The molecule has 0 radical (unpaired) electrons. The molecule has 22 heavy (non-hydrogen) atoms. The van der Waals surface area contributed by atoms with Gasteiger partial charge in [-0.1, -0.05) is 37.0 Å². The SMILES string of the molecule is CCCN(CCC)c1nccc(Nc2cc(Cl)ccc2Cl)n1. The molecule has 1 N–H and O–H groups in total. The summed E-state index contributed by atoms with van der Waals surface area (Å²) < 4.78 is 0. The minimum Gasteiger partial charge on any atom is -0.341 e. The maximum absolute atomic E-state index is 6.17. The molecule has 1 aromatic carbocycles. The largest absolute Gasteiger partial charge is 0.341 e. The van der Waals surface area contributed by atoms with Gasteiger partial charge in [0.05, 0.1) is 10.7 Å². The van der Waals surface area contributed by atoms with E-state index in [1.165, 1.54) is 0 Å². The topological polar surface area (TPSA) is 41.1 Å². The number of rotatable bonds is 7. The molecule has 0 aliphatic heterocycles. The van der Waals surface area contributed by atoms with E-state index in [1.54, 1.807) is 24.4 Å². The highest BCUT2D eigenvalue weighted by Gasteiger charge is 2.09. The first-order valence-corrected chi connectivity index (χ1v) is 8.19. The molecule has 6 heteroatoms. The first-order chi connectivity index (χ1) is 10.6. The average molecular weight is 339 g/mol. The molecule has 0 saturated heterocycles. The standard InChI is InChI=1S/C16H20Cl2N4/c1-3-9-22(10-4-2)16-19-8-7-15(21-16)20-14-11-12(17)5-6-13(14)18/h5-8,11H,3-4,9-10H2,1-2H3,(H,19,20,21). The normalized spacial score (nSPS) is 10.5. The van der Waals surface area contributed by atoms with Crippen LogP contribution in [0.15, 0.2) is 30.5 Å². The van der Waals surface area contributed by atoms with Gasteiger partial charge in [-0.25, -0.2) is 4.98 Å². The Morgan fingerprint density at radius 1 is 1.09 bits per heavy atom. The zero-order valence-corrected chi connectivity index (χ0v) is 14.3. The third-order valence-electron chi connectivity index (χ3n) is 3.10. The van der Waals surface area contributed by atoms with Crippen LogP contribution in [0.4, 0.5) is 17.5 Å². The van der Waals surface area contributed by atoms with Crippen molar-refractivity contribution < 1.29 is 0 Å². The van der Waals surface area contributed by atoms with Gasteiger partial charge in [0.2, 0.25) is 5.95 Å². The molecule has 0 atom stereocenters. The second-order valence-electron chi connectivity index (χ2n) is 4.98. The second kappa shape index (κ2) is 8.20. The van der Waals surface area contributed by atoms with Crippen LogP contribution >= 0.6 is 23.2 Å². The van der Waals surface area contributed by atoms with Crippen LogP contribution in [0.3, 0.4) is 0 Å². The summed E-state index contributed by atoms with van der Waals surface area (Å²) in [6.45, 7) is 6.18. The number of nitrogens with zero attached hydrogens (tertiary/aromatic N) is 3. The fourth-order valence-electron chi connectivity index (χ4n) is 2.15. The molecule has 0 bridgehead atoms. The van der Waals surface area contributed by atoms with Gasteiger partial charge >= 0.3 is 0 Å². The molecule has 0 spiro atoms. The Balaban J connectivity index is 2.22. The Labute approximate surface area is 141 Å². The van der Waals surface area contributed by atoms with E-state index < -0.39 is 0 Å². The minimum absolute atomic E-state index is 0.600. The van der Waals surface area contributed by atoms with Crippen molar-refractivity contribution in [1.82, 2.24) is 9.97 Å². The number of aromatic nitrogens is 2. The van der Waals surface area contributed by atoms with Gasteiger partial charge in [-0.15, -0.1) is 0 Å². The van der Waals surface area contributed by atoms with Crippen LogP contribution in [0.1, 0.15) is 26.7 Å². The van der Waals surface area contributed by atoms with Gasteiger partial charge < -0.3 is 10.2 Å². The van der Waals surface area contributed by atoms with E-state index in [1.807, 2.05) is 6.07 Å². The van der Waals surface area contributed by atoms with Crippen LogP contribution in [-0.4, -0.2) is 23.1 Å². The molecular weight excluding hydrogens is 319 g/mol. The summed E-state index contributed by atoms with van der Waals surface area (Å²) in [6, 6.07) is 7.11. The third-order valence-corrected chi connectivity index (χ3v) is 3.67. The van der Waals surface area contributed by atoms with Crippen LogP contribution in [0, 0.1) is 0 Å². The molecule has 1 heterocycles. The Morgan fingerprint density at radius 2 is 1.82 bits per heavy atom. The zero-order chi connectivity index (χ0) is 15.9. The van der Waals surface area contributed by atoms with E-state index >= 15 is 0 Å². The summed E-state index contributed by atoms with van der Waals surface area (Å²) in [5.74, 6) is 1.43. The lowest BCUT2D eigenvalue weighted by Crippen LogP contribution is -2.27. The molecule has 118 valence electrons. The Morgan fingerprint density at radius 3 is 2.50 bits per heavy atom. The molecule has 0 saturated carbocycles. The number of hydrogen-bond acceptors (Lipinski definition) is 4. The van der Waals surface area contributed by atoms with Crippen LogP contribution in [0.5, 0.6) is 0 Å². The van der Waals surface area contributed by atoms with Gasteiger partial charge in [0.1, 0.15) is 5.82 Å². The van der Waals surface area contributed by atoms with Gasteiger partial charge in [-0.2, -0.15) is 4.98 Å². The Bertz CT molecular complexity index is 613. The summed E-state index contributed by atoms with van der Waals surface area (Å²) in [5.41, 5.74) is 0.733. The van der Waals surface area contributed by atoms with Gasteiger partial charge in [0.15, 0.2) is 0 Å². The van der Waals surface area contributed by atoms with Crippen molar-refractivity contribution >= 4 is 40.7 Å². The number of halogens is 2. The zero-order valence-electron chi connectivity index (χ0n) is 12.8. The molecule has 0 aliphatic carbocycles. The highest BCUT2D eigenvalue weighted by atomic mass is 35.5. The van der Waals surface area contributed by atoms with Crippen molar-refractivity contribution in [3.63, 3.8) is 0 Å². The fraction of sp³-hybridized carbons (Fsp3) is 0.375. The van der Waals surface area contributed by atoms with Gasteiger partial charge in [-0.3, -0.25) is 0 Å².